The highest BCUT2D eigenvalue weighted by molar-refractivity contribution is 7.17. The first-order chi connectivity index (χ1) is 12.3. The van der Waals surface area contributed by atoms with Crippen LogP contribution < -0.4 is 10.6 Å². The summed E-state index contributed by atoms with van der Waals surface area (Å²) < 4.78 is 0. The standard InChI is InChI=1S/C19H26N2O4S/c1-10-3-6-13-14(7-10)26-19(17(13)18(25)20-12-4-5-12)21-15(22)8-11(2)9-16(23)24/h10-12H,3-9H2,1-2H3,(H,20,25)(H,21,22)(H,23,24)/t10-,11-/m1/s1. The molecule has 2 aliphatic rings. The molecular weight excluding hydrogens is 352 g/mol. The van der Waals surface area contributed by atoms with Crippen LogP contribution in [0.5, 0.6) is 0 Å². The fraction of sp³-hybridized carbons (Fsp3) is 0.632. The summed E-state index contributed by atoms with van der Waals surface area (Å²) in [5, 5.41) is 15.4. The Morgan fingerprint density at radius 1 is 1.23 bits per heavy atom. The van der Waals surface area contributed by atoms with Crippen LogP contribution in [0.25, 0.3) is 0 Å². The summed E-state index contributed by atoms with van der Waals surface area (Å²) in [6, 6.07) is 0.264. The average molecular weight is 378 g/mol. The van der Waals surface area contributed by atoms with Gasteiger partial charge in [-0.15, -0.1) is 11.3 Å². The Morgan fingerprint density at radius 3 is 2.62 bits per heavy atom. The van der Waals surface area contributed by atoms with Crippen molar-refractivity contribution in [3.63, 3.8) is 0 Å². The first-order valence-electron chi connectivity index (χ1n) is 9.30. The fourth-order valence-electron chi connectivity index (χ4n) is 3.43. The molecule has 2 aliphatic carbocycles. The summed E-state index contributed by atoms with van der Waals surface area (Å²) in [7, 11) is 0. The molecular formula is C19H26N2O4S. The smallest absolute Gasteiger partial charge is 0.303 e. The highest BCUT2D eigenvalue weighted by Gasteiger charge is 2.31. The van der Waals surface area contributed by atoms with Crippen molar-refractivity contribution in [3.8, 4) is 0 Å². The number of carbonyl (C=O) groups is 3. The zero-order chi connectivity index (χ0) is 18.8. The minimum absolute atomic E-state index is 0.0408. The van der Waals surface area contributed by atoms with E-state index in [4.69, 9.17) is 5.11 Å². The van der Waals surface area contributed by atoms with Crippen molar-refractivity contribution < 1.29 is 19.5 Å². The molecule has 1 aromatic heterocycles. The lowest BCUT2D eigenvalue weighted by molar-refractivity contribution is -0.138. The van der Waals surface area contributed by atoms with Gasteiger partial charge in [0.1, 0.15) is 5.00 Å². The molecule has 0 saturated heterocycles. The molecule has 3 rings (SSSR count). The summed E-state index contributed by atoms with van der Waals surface area (Å²) in [5.74, 6) is -0.889. The molecule has 26 heavy (non-hydrogen) atoms. The van der Waals surface area contributed by atoms with Gasteiger partial charge < -0.3 is 15.7 Å². The molecule has 0 aromatic carbocycles. The number of anilines is 1. The van der Waals surface area contributed by atoms with Crippen LogP contribution in [-0.4, -0.2) is 28.9 Å². The second kappa shape index (κ2) is 7.78. The molecule has 0 bridgehead atoms. The lowest BCUT2D eigenvalue weighted by Crippen LogP contribution is -2.28. The highest BCUT2D eigenvalue weighted by Crippen LogP contribution is 2.40. The van der Waals surface area contributed by atoms with Crippen molar-refractivity contribution >= 4 is 34.1 Å². The second-order valence-corrected chi connectivity index (χ2v) is 8.86. The van der Waals surface area contributed by atoms with Gasteiger partial charge in [-0.05, 0) is 49.5 Å². The van der Waals surface area contributed by atoms with E-state index in [1.54, 1.807) is 6.92 Å². The molecule has 6 nitrogen and oxygen atoms in total. The Bertz CT molecular complexity index is 723. The number of carboxylic acids is 1. The van der Waals surface area contributed by atoms with Gasteiger partial charge in [0.2, 0.25) is 5.91 Å². The molecule has 1 saturated carbocycles. The van der Waals surface area contributed by atoms with Crippen LogP contribution >= 0.6 is 11.3 Å². The van der Waals surface area contributed by atoms with E-state index in [0.717, 1.165) is 37.7 Å². The van der Waals surface area contributed by atoms with Gasteiger partial charge in [0, 0.05) is 23.8 Å². The largest absolute Gasteiger partial charge is 0.481 e. The molecule has 142 valence electrons. The predicted octanol–water partition coefficient (Wildman–Crippen LogP) is 3.20. The number of carbonyl (C=O) groups excluding carboxylic acids is 2. The number of nitrogens with one attached hydrogen (secondary N) is 2. The Balaban J connectivity index is 1.77. The van der Waals surface area contributed by atoms with Crippen molar-refractivity contribution in [1.82, 2.24) is 5.32 Å². The van der Waals surface area contributed by atoms with Gasteiger partial charge in [0.15, 0.2) is 0 Å². The van der Waals surface area contributed by atoms with Crippen LogP contribution in [0.15, 0.2) is 0 Å². The van der Waals surface area contributed by atoms with Crippen molar-refractivity contribution in [2.45, 2.75) is 64.8 Å². The van der Waals surface area contributed by atoms with Crippen molar-refractivity contribution in [1.29, 1.82) is 0 Å². The van der Waals surface area contributed by atoms with Gasteiger partial charge >= 0.3 is 5.97 Å². The zero-order valence-electron chi connectivity index (χ0n) is 15.3. The first-order valence-corrected chi connectivity index (χ1v) is 10.1. The fourth-order valence-corrected chi connectivity index (χ4v) is 4.85. The zero-order valence-corrected chi connectivity index (χ0v) is 16.1. The maximum absolute atomic E-state index is 12.7. The molecule has 0 radical (unpaired) electrons. The van der Waals surface area contributed by atoms with E-state index in [1.807, 2.05) is 0 Å². The van der Waals surface area contributed by atoms with E-state index >= 15 is 0 Å². The predicted molar refractivity (Wildman–Crippen MR) is 101 cm³/mol. The molecule has 1 fully saturated rings. The minimum Gasteiger partial charge on any atom is -0.481 e. The summed E-state index contributed by atoms with van der Waals surface area (Å²) in [6.07, 6.45) is 4.99. The summed E-state index contributed by atoms with van der Waals surface area (Å²) in [4.78, 5) is 37.1. The third-order valence-corrected chi connectivity index (χ3v) is 6.13. The van der Waals surface area contributed by atoms with Crippen LogP contribution in [0, 0.1) is 11.8 Å². The quantitative estimate of drug-likeness (QED) is 0.679. The van der Waals surface area contributed by atoms with Crippen LogP contribution in [0.1, 0.15) is 66.8 Å². The Kier molecular flexibility index (Phi) is 5.65. The van der Waals surface area contributed by atoms with E-state index in [9.17, 15) is 14.4 Å². The minimum atomic E-state index is -0.907. The Labute approximate surface area is 157 Å². The summed E-state index contributed by atoms with van der Waals surface area (Å²) in [6.45, 7) is 3.95. The number of rotatable bonds is 7. The molecule has 1 aromatic rings. The SMILES string of the molecule is C[C@@H]1CCc2c(sc(NC(=O)C[C@@H](C)CC(=O)O)c2C(=O)NC2CC2)C1. The normalized spacial score (nSPS) is 20.2. The molecule has 0 aliphatic heterocycles. The number of hydrogen-bond acceptors (Lipinski definition) is 4. The number of amides is 2. The topological polar surface area (TPSA) is 95.5 Å². The Morgan fingerprint density at radius 2 is 1.96 bits per heavy atom. The number of hydrogen-bond donors (Lipinski definition) is 3. The van der Waals surface area contributed by atoms with E-state index in [-0.39, 0.29) is 36.6 Å². The Hall–Kier alpha value is -1.89. The molecule has 7 heteroatoms. The van der Waals surface area contributed by atoms with Crippen molar-refractivity contribution in [2.24, 2.45) is 11.8 Å². The summed E-state index contributed by atoms with van der Waals surface area (Å²) >= 11 is 1.50. The van der Waals surface area contributed by atoms with Gasteiger partial charge in [-0.1, -0.05) is 13.8 Å². The third kappa shape index (κ3) is 4.63. The molecule has 3 N–H and O–H groups in total. The lowest BCUT2D eigenvalue weighted by atomic mass is 9.88. The van der Waals surface area contributed by atoms with Crippen molar-refractivity contribution in [2.75, 3.05) is 5.32 Å². The third-order valence-electron chi connectivity index (χ3n) is 4.96. The van der Waals surface area contributed by atoms with Gasteiger partial charge in [-0.25, -0.2) is 0 Å². The van der Waals surface area contributed by atoms with E-state index < -0.39 is 5.97 Å². The maximum Gasteiger partial charge on any atom is 0.303 e. The van der Waals surface area contributed by atoms with E-state index in [2.05, 4.69) is 17.6 Å². The molecule has 1 heterocycles. The number of aliphatic carboxylic acids is 1. The molecule has 2 atom stereocenters. The lowest BCUT2D eigenvalue weighted by Gasteiger charge is -2.18. The number of fused-ring (bicyclic) bond motifs is 1. The van der Waals surface area contributed by atoms with Gasteiger partial charge in [-0.3, -0.25) is 14.4 Å². The van der Waals surface area contributed by atoms with E-state index in [1.165, 1.54) is 16.2 Å². The van der Waals surface area contributed by atoms with Gasteiger partial charge in [-0.2, -0.15) is 0 Å². The monoisotopic (exact) mass is 378 g/mol. The number of carboxylic acid groups (broad SMARTS) is 1. The van der Waals surface area contributed by atoms with Crippen LogP contribution in [0.2, 0.25) is 0 Å². The van der Waals surface area contributed by atoms with Crippen LogP contribution in [-0.2, 0) is 22.4 Å². The maximum atomic E-state index is 12.7. The molecule has 2 amide bonds. The van der Waals surface area contributed by atoms with Crippen LogP contribution in [0.4, 0.5) is 5.00 Å². The van der Waals surface area contributed by atoms with Gasteiger partial charge in [0.25, 0.3) is 5.91 Å². The first kappa shape index (κ1) is 18.9. The summed E-state index contributed by atoms with van der Waals surface area (Å²) in [5.41, 5.74) is 1.71. The second-order valence-electron chi connectivity index (χ2n) is 7.76. The van der Waals surface area contributed by atoms with Crippen molar-refractivity contribution in [3.05, 3.63) is 16.0 Å². The van der Waals surface area contributed by atoms with Crippen LogP contribution in [0.3, 0.4) is 0 Å². The van der Waals surface area contributed by atoms with Gasteiger partial charge in [0.05, 0.1) is 5.56 Å². The highest BCUT2D eigenvalue weighted by atomic mass is 32.1. The molecule has 0 unspecified atom stereocenters. The molecule has 0 spiro atoms. The number of thiophene rings is 1. The average Bonchev–Trinajstić information content (AvgIpc) is 3.25. The van der Waals surface area contributed by atoms with E-state index in [0.29, 0.717) is 16.5 Å².